The maximum Gasteiger partial charge on any atom is 0.408 e. The number of carbonyl (C=O) groups excluding carboxylic acids is 2. The number of hydrogen-bond donors (Lipinski definition) is 3. The average Bonchev–Trinajstić information content (AvgIpc) is 3.93. The molecule has 51 heavy (non-hydrogen) atoms. The molecule has 3 N–H and O–H groups in total. The molecule has 1 fully saturated rings. The van der Waals surface area contributed by atoms with E-state index in [4.69, 9.17) is 32.7 Å². The number of nitrogens with one attached hydrogen (secondary N) is 2. The number of carbonyl (C=O) groups is 3. The molecule has 2 unspecified atom stereocenters. The van der Waals surface area contributed by atoms with Crippen molar-refractivity contribution in [3.63, 3.8) is 0 Å². The van der Waals surface area contributed by atoms with Crippen molar-refractivity contribution in [3.05, 3.63) is 98.4 Å². The third-order valence-electron chi connectivity index (χ3n) is 8.06. The maximum atomic E-state index is 14.4. The Balaban J connectivity index is 1.69. The van der Waals surface area contributed by atoms with Gasteiger partial charge in [-0.1, -0.05) is 81.6 Å². The van der Waals surface area contributed by atoms with Crippen LogP contribution in [0.25, 0.3) is 0 Å². The number of ether oxygens (including phenoxy) is 2. The topological polar surface area (TPSA) is 155 Å². The van der Waals surface area contributed by atoms with Gasteiger partial charge in [0.25, 0.3) is 0 Å². The van der Waals surface area contributed by atoms with Gasteiger partial charge in [0.2, 0.25) is 21.8 Å². The molecule has 0 heterocycles. The van der Waals surface area contributed by atoms with Crippen LogP contribution in [-0.4, -0.2) is 92.0 Å². The highest BCUT2D eigenvalue weighted by Crippen LogP contribution is 2.29. The van der Waals surface area contributed by atoms with Gasteiger partial charge in [-0.15, -0.1) is 0 Å². The monoisotopic (exact) mass is 826 g/mol. The minimum Gasteiger partial charge on any atom is -0.465 e. The van der Waals surface area contributed by atoms with Crippen LogP contribution in [0.2, 0.25) is 10.0 Å². The number of amides is 3. The minimum absolute atomic E-state index is 0.0690. The van der Waals surface area contributed by atoms with Crippen molar-refractivity contribution in [2.75, 3.05) is 26.3 Å². The molecule has 12 nitrogen and oxygen atoms in total. The van der Waals surface area contributed by atoms with Gasteiger partial charge >= 0.3 is 6.09 Å². The van der Waals surface area contributed by atoms with Crippen LogP contribution < -0.4 is 10.0 Å². The number of halogens is 3. The zero-order chi connectivity index (χ0) is 37.1. The first kappa shape index (κ1) is 40.5. The Morgan fingerprint density at radius 3 is 2.18 bits per heavy atom. The van der Waals surface area contributed by atoms with Crippen molar-refractivity contribution in [2.45, 2.75) is 69.0 Å². The molecule has 2 atom stereocenters. The Labute approximate surface area is 316 Å². The summed E-state index contributed by atoms with van der Waals surface area (Å²) in [5.41, 5.74) is 1.29. The Morgan fingerprint density at radius 1 is 0.961 bits per heavy atom. The second kappa shape index (κ2) is 19.0. The van der Waals surface area contributed by atoms with Gasteiger partial charge in [-0.2, -0.15) is 0 Å². The molecule has 3 amide bonds. The van der Waals surface area contributed by atoms with Crippen LogP contribution >= 0.6 is 39.1 Å². The SMILES string of the molecule is CCOC(CN(C(=O)C(Cc1ccc(Br)cc1)NC(=O)C(CNS(=O)(=O)c1ccc(Cl)cc1Cl)N(Cc1ccccc1)C(=O)O)C1CC1)OCC. The van der Waals surface area contributed by atoms with Crippen molar-refractivity contribution >= 4 is 67.1 Å². The Hall–Kier alpha value is -3.24. The van der Waals surface area contributed by atoms with E-state index in [9.17, 15) is 27.9 Å². The van der Waals surface area contributed by atoms with Gasteiger partial charge < -0.3 is 24.8 Å². The third-order valence-corrected chi connectivity index (χ3v) is 10.7. The summed E-state index contributed by atoms with van der Waals surface area (Å²) in [5.74, 6) is -1.29. The van der Waals surface area contributed by atoms with Gasteiger partial charge in [0.05, 0.1) is 11.6 Å². The van der Waals surface area contributed by atoms with Crippen LogP contribution in [0.5, 0.6) is 0 Å². The minimum atomic E-state index is -4.35. The summed E-state index contributed by atoms with van der Waals surface area (Å²) in [6.07, 6.45) is -0.577. The molecule has 1 aliphatic rings. The van der Waals surface area contributed by atoms with E-state index in [2.05, 4.69) is 26.0 Å². The van der Waals surface area contributed by atoms with Crippen molar-refractivity contribution in [2.24, 2.45) is 0 Å². The molecule has 3 aromatic carbocycles. The fourth-order valence-electron chi connectivity index (χ4n) is 5.41. The number of carboxylic acid groups (broad SMARTS) is 1. The largest absolute Gasteiger partial charge is 0.465 e. The number of rotatable bonds is 19. The van der Waals surface area contributed by atoms with Gasteiger partial charge in [-0.05, 0) is 68.1 Å². The number of nitrogens with zero attached hydrogens (tertiary/aromatic N) is 2. The van der Waals surface area contributed by atoms with Crippen LogP contribution in [-0.2, 0) is 42.1 Å². The molecule has 1 aliphatic carbocycles. The van der Waals surface area contributed by atoms with Crippen molar-refractivity contribution in [3.8, 4) is 0 Å². The molecule has 276 valence electrons. The molecule has 16 heteroatoms. The molecule has 0 spiro atoms. The first-order valence-corrected chi connectivity index (χ1v) is 19.4. The van der Waals surface area contributed by atoms with Crippen LogP contribution in [0.4, 0.5) is 4.79 Å². The molecule has 0 radical (unpaired) electrons. The van der Waals surface area contributed by atoms with E-state index >= 15 is 0 Å². The number of hydrogen-bond acceptors (Lipinski definition) is 7. The Bertz CT molecular complexity index is 1740. The lowest BCUT2D eigenvalue weighted by Crippen LogP contribution is -2.59. The van der Waals surface area contributed by atoms with Crippen molar-refractivity contribution < 1.29 is 37.4 Å². The highest BCUT2D eigenvalue weighted by atomic mass is 79.9. The number of benzene rings is 3. The normalized spacial score (nSPS) is 14.2. The van der Waals surface area contributed by atoms with E-state index in [1.807, 2.05) is 38.1 Å². The summed E-state index contributed by atoms with van der Waals surface area (Å²) in [6.45, 7) is 3.58. The fraction of sp³-hybridized carbons (Fsp3) is 0.400. The fourth-order valence-corrected chi connectivity index (χ4v) is 7.48. The smallest absolute Gasteiger partial charge is 0.408 e. The van der Waals surface area contributed by atoms with Crippen molar-refractivity contribution in [1.82, 2.24) is 19.8 Å². The first-order chi connectivity index (χ1) is 24.3. The molecule has 0 aliphatic heterocycles. The highest BCUT2D eigenvalue weighted by molar-refractivity contribution is 9.10. The molecule has 0 bridgehead atoms. The summed E-state index contributed by atoms with van der Waals surface area (Å²) in [7, 11) is -4.35. The van der Waals surface area contributed by atoms with Gasteiger partial charge in [-0.25, -0.2) is 17.9 Å². The second-order valence-corrected chi connectivity index (χ2v) is 15.3. The van der Waals surface area contributed by atoms with Crippen LogP contribution in [0.3, 0.4) is 0 Å². The third kappa shape index (κ3) is 11.9. The van der Waals surface area contributed by atoms with E-state index in [1.165, 1.54) is 18.2 Å². The van der Waals surface area contributed by atoms with E-state index in [1.54, 1.807) is 35.2 Å². The number of sulfonamides is 1. The molecule has 0 saturated heterocycles. The zero-order valence-corrected chi connectivity index (χ0v) is 32.1. The lowest BCUT2D eigenvalue weighted by atomic mass is 10.0. The molecule has 1 saturated carbocycles. The second-order valence-electron chi connectivity index (χ2n) is 11.8. The molecular weight excluding hydrogens is 787 g/mol. The van der Waals surface area contributed by atoms with Crippen LogP contribution in [0.15, 0.2) is 82.2 Å². The quantitative estimate of drug-likeness (QED) is 0.130. The van der Waals surface area contributed by atoms with Gasteiger partial charge in [0, 0.05) is 48.3 Å². The van der Waals surface area contributed by atoms with Crippen molar-refractivity contribution in [1.29, 1.82) is 0 Å². The standard InChI is InChI=1S/C35H41BrCl2N4O8S/c1-3-49-32(50-4-2)22-41(27-15-16-27)34(44)29(18-23-10-12-25(36)13-11-23)40-33(43)30(42(35(45)46)21-24-8-6-5-7-9-24)20-39-51(47,48)31-17-14-26(37)19-28(31)38/h5-14,17,19,27,29-30,32,39H,3-4,15-16,18,20-22H2,1-2H3,(H,40,43)(H,45,46). The van der Waals surface area contributed by atoms with Crippen LogP contribution in [0.1, 0.15) is 37.8 Å². The predicted molar refractivity (Wildman–Crippen MR) is 197 cm³/mol. The van der Waals surface area contributed by atoms with Gasteiger partial charge in [-0.3, -0.25) is 14.5 Å². The van der Waals surface area contributed by atoms with Gasteiger partial charge in [0.15, 0.2) is 6.29 Å². The van der Waals surface area contributed by atoms with E-state index < -0.39 is 52.8 Å². The summed E-state index contributed by atoms with van der Waals surface area (Å²) in [4.78, 5) is 43.6. The van der Waals surface area contributed by atoms with E-state index in [0.29, 0.717) is 18.8 Å². The molecule has 0 aromatic heterocycles. The lowest BCUT2D eigenvalue weighted by molar-refractivity contribution is -0.161. The Morgan fingerprint density at radius 2 is 1.61 bits per heavy atom. The zero-order valence-electron chi connectivity index (χ0n) is 28.1. The first-order valence-electron chi connectivity index (χ1n) is 16.4. The molecule has 3 aromatic rings. The van der Waals surface area contributed by atoms with E-state index in [-0.39, 0.29) is 40.5 Å². The van der Waals surface area contributed by atoms with Gasteiger partial charge in [0.1, 0.15) is 17.0 Å². The van der Waals surface area contributed by atoms with E-state index in [0.717, 1.165) is 27.8 Å². The summed E-state index contributed by atoms with van der Waals surface area (Å²) in [6, 6.07) is 16.7. The summed E-state index contributed by atoms with van der Waals surface area (Å²) in [5, 5.41) is 13.2. The summed E-state index contributed by atoms with van der Waals surface area (Å²) >= 11 is 15.6. The maximum absolute atomic E-state index is 14.4. The summed E-state index contributed by atoms with van der Waals surface area (Å²) < 4.78 is 41.4. The van der Waals surface area contributed by atoms with Crippen LogP contribution in [0, 0.1) is 0 Å². The predicted octanol–water partition coefficient (Wildman–Crippen LogP) is 5.70. The average molecular weight is 829 g/mol. The molecular formula is C35H41BrCl2N4O8S. The highest BCUT2D eigenvalue weighted by Gasteiger charge is 2.40. The lowest BCUT2D eigenvalue weighted by Gasteiger charge is -2.33. The molecule has 4 rings (SSSR count). The Kier molecular flexibility index (Phi) is 15.1.